The number of carbonyl (C=O) groups excluding carboxylic acids is 2. The third-order valence-electron chi connectivity index (χ3n) is 5.81. The average Bonchev–Trinajstić information content (AvgIpc) is 2.81. The van der Waals surface area contributed by atoms with Crippen LogP contribution >= 0.6 is 0 Å². The predicted octanol–water partition coefficient (Wildman–Crippen LogP) is 6.94. The summed E-state index contributed by atoms with van der Waals surface area (Å²) in [6, 6.07) is 5.52. The number of hydrogen-bond acceptors (Lipinski definition) is 4. The molecule has 0 heterocycles. The Morgan fingerprint density at radius 3 is 2.47 bits per heavy atom. The molecule has 0 spiro atoms. The minimum atomic E-state index is -4.88. The van der Waals surface area contributed by atoms with Gasteiger partial charge in [-0.15, -0.1) is 0 Å². The lowest BCUT2D eigenvalue weighted by Gasteiger charge is -2.35. The van der Waals surface area contributed by atoms with Crippen LogP contribution in [0.1, 0.15) is 37.3 Å². The van der Waals surface area contributed by atoms with E-state index in [-0.39, 0.29) is 35.9 Å². The number of alkyl halides is 5. The van der Waals surface area contributed by atoms with Gasteiger partial charge in [-0.1, -0.05) is 12.1 Å². The lowest BCUT2D eigenvalue weighted by atomic mass is 9.91. The molecule has 2 N–H and O–H groups in total. The molecule has 0 saturated heterocycles. The summed E-state index contributed by atoms with van der Waals surface area (Å²) >= 11 is 0. The Bertz CT molecular complexity index is 1310. The largest absolute Gasteiger partial charge is 0.490 e. The summed E-state index contributed by atoms with van der Waals surface area (Å²) in [7, 11) is 0. The Balaban J connectivity index is 1.44. The molecule has 38 heavy (non-hydrogen) atoms. The Kier molecular flexibility index (Phi) is 7.43. The van der Waals surface area contributed by atoms with Crippen LogP contribution in [0.3, 0.4) is 0 Å². The van der Waals surface area contributed by atoms with Crippen LogP contribution in [0.2, 0.25) is 0 Å². The van der Waals surface area contributed by atoms with Gasteiger partial charge in [0.25, 0.3) is 5.92 Å². The van der Waals surface area contributed by atoms with Gasteiger partial charge in [0.05, 0.1) is 17.9 Å². The highest BCUT2D eigenvalue weighted by molar-refractivity contribution is 6.02. The number of Topliss-reactive ketones (excluding diaryl/α,β-unsaturated/α-hetero) is 1. The van der Waals surface area contributed by atoms with E-state index >= 15 is 0 Å². The summed E-state index contributed by atoms with van der Waals surface area (Å²) in [6.45, 7) is 2.01. The molecule has 12 heteroatoms. The third kappa shape index (κ3) is 6.29. The minimum absolute atomic E-state index is 0.0854. The topological polar surface area (TPSA) is 76.7 Å². The van der Waals surface area contributed by atoms with Crippen LogP contribution in [0, 0.1) is 5.82 Å². The van der Waals surface area contributed by atoms with Crippen LogP contribution < -0.4 is 15.4 Å². The van der Waals surface area contributed by atoms with Gasteiger partial charge in [-0.25, -0.2) is 18.0 Å². The molecule has 1 saturated carbocycles. The molecule has 202 valence electrons. The van der Waals surface area contributed by atoms with Crippen molar-refractivity contribution >= 4 is 28.8 Å². The quantitative estimate of drug-likeness (QED) is 0.373. The van der Waals surface area contributed by atoms with Crippen molar-refractivity contribution in [3.05, 3.63) is 71.3 Å². The number of urea groups is 1. The Morgan fingerprint density at radius 1 is 1.11 bits per heavy atom. The Labute approximate surface area is 213 Å². The Hall–Kier alpha value is -3.96. The van der Waals surface area contributed by atoms with Crippen molar-refractivity contribution in [1.29, 1.82) is 0 Å². The van der Waals surface area contributed by atoms with Crippen molar-refractivity contribution in [2.24, 2.45) is 0 Å². The first kappa shape index (κ1) is 27.1. The highest BCUT2D eigenvalue weighted by Gasteiger charge is 2.48. The molecule has 4 rings (SSSR count). The highest BCUT2D eigenvalue weighted by Crippen LogP contribution is 2.43. The first-order valence-corrected chi connectivity index (χ1v) is 11.6. The van der Waals surface area contributed by atoms with Crippen molar-refractivity contribution in [3.8, 4) is 5.75 Å². The summed E-state index contributed by atoms with van der Waals surface area (Å²) < 4.78 is 91.7. The van der Waals surface area contributed by atoms with E-state index in [1.165, 1.54) is 18.2 Å². The van der Waals surface area contributed by atoms with Crippen molar-refractivity contribution in [2.45, 2.75) is 44.4 Å². The van der Waals surface area contributed by atoms with Gasteiger partial charge in [-0.05, 0) is 54.5 Å². The molecule has 2 amide bonds. The first-order valence-electron chi connectivity index (χ1n) is 11.6. The van der Waals surface area contributed by atoms with Crippen molar-refractivity contribution in [2.75, 3.05) is 17.2 Å². The molecule has 0 aliphatic heterocycles. The smallest absolute Gasteiger partial charge is 0.420 e. The number of halogens is 6. The molecule has 1 fully saturated rings. The van der Waals surface area contributed by atoms with Crippen molar-refractivity contribution in [3.63, 3.8) is 0 Å². The molecule has 2 aromatic rings. The fourth-order valence-corrected chi connectivity index (χ4v) is 3.94. The van der Waals surface area contributed by atoms with Crippen LogP contribution in [-0.2, 0) is 15.7 Å². The van der Waals surface area contributed by atoms with Gasteiger partial charge in [0, 0.05) is 24.9 Å². The number of carbonyl (C=O) groups is 2. The molecule has 6 nitrogen and oxygen atoms in total. The summed E-state index contributed by atoms with van der Waals surface area (Å²) in [4.78, 5) is 24.2. The van der Waals surface area contributed by atoms with E-state index in [9.17, 15) is 35.9 Å². The number of rotatable bonds is 7. The molecule has 0 bridgehead atoms. The maximum Gasteiger partial charge on any atom is 0.420 e. The maximum atomic E-state index is 14.7. The predicted molar refractivity (Wildman–Crippen MR) is 126 cm³/mol. The third-order valence-corrected chi connectivity index (χ3v) is 5.81. The zero-order valence-electron chi connectivity index (χ0n) is 19.9. The average molecular weight is 540 g/mol. The van der Waals surface area contributed by atoms with Gasteiger partial charge < -0.3 is 20.1 Å². The van der Waals surface area contributed by atoms with E-state index in [4.69, 9.17) is 9.47 Å². The molecule has 2 aromatic carbocycles. The van der Waals surface area contributed by atoms with Gasteiger partial charge in [0.1, 0.15) is 17.7 Å². The monoisotopic (exact) mass is 540 g/mol. The lowest BCUT2D eigenvalue weighted by molar-refractivity contribution is -0.147. The SMILES string of the molecule is CCOC1=CC(c2ccc(NC(=O)Nc3ccc(OC4CC(F)(F)C4)c(C(F)(F)F)c3)c(F)c2)=CCC1=O. The number of nitrogens with one attached hydrogen (secondary N) is 2. The number of benzene rings is 2. The zero-order chi connectivity index (χ0) is 27.7. The van der Waals surface area contributed by atoms with E-state index in [0.29, 0.717) is 17.2 Å². The van der Waals surface area contributed by atoms with Crippen molar-refractivity contribution < 1.29 is 45.4 Å². The van der Waals surface area contributed by atoms with Gasteiger partial charge >= 0.3 is 12.2 Å². The molecule has 2 aliphatic carbocycles. The second-order valence-electron chi connectivity index (χ2n) is 8.71. The van der Waals surface area contributed by atoms with E-state index in [0.717, 1.165) is 18.2 Å². The van der Waals surface area contributed by atoms with E-state index in [1.54, 1.807) is 13.0 Å². The molecule has 0 radical (unpaired) electrons. The number of amides is 2. The number of ether oxygens (including phenoxy) is 2. The van der Waals surface area contributed by atoms with Crippen LogP contribution in [-0.4, -0.2) is 30.4 Å². The van der Waals surface area contributed by atoms with Gasteiger partial charge in [0.2, 0.25) is 5.78 Å². The minimum Gasteiger partial charge on any atom is -0.490 e. The molecule has 2 aliphatic rings. The first-order chi connectivity index (χ1) is 17.8. The van der Waals surface area contributed by atoms with Crippen LogP contribution in [0.15, 0.2) is 54.3 Å². The number of hydrogen-bond donors (Lipinski definition) is 2. The Morgan fingerprint density at radius 2 is 1.84 bits per heavy atom. The summed E-state index contributed by atoms with van der Waals surface area (Å²) in [5.74, 6) is -4.47. The molecular weight excluding hydrogens is 518 g/mol. The lowest BCUT2D eigenvalue weighted by Crippen LogP contribution is -2.43. The van der Waals surface area contributed by atoms with Gasteiger partial charge in [0.15, 0.2) is 5.76 Å². The summed E-state index contributed by atoms with van der Waals surface area (Å²) in [5.41, 5.74) is -0.790. The normalized spacial score (nSPS) is 17.2. The van der Waals surface area contributed by atoms with Crippen LogP contribution in [0.4, 0.5) is 42.5 Å². The van der Waals surface area contributed by atoms with Gasteiger partial charge in [-0.3, -0.25) is 4.79 Å². The highest BCUT2D eigenvalue weighted by atomic mass is 19.4. The maximum absolute atomic E-state index is 14.7. The fraction of sp³-hybridized carbons (Fsp3) is 0.308. The fourth-order valence-electron chi connectivity index (χ4n) is 3.94. The molecule has 0 aromatic heterocycles. The number of ketones is 1. The van der Waals surface area contributed by atoms with E-state index in [2.05, 4.69) is 10.6 Å². The molecular formula is C26H22F6N2O4. The number of allylic oxidation sites excluding steroid dienone is 4. The molecule has 0 atom stereocenters. The molecule has 0 unspecified atom stereocenters. The van der Waals surface area contributed by atoms with Crippen LogP contribution in [0.5, 0.6) is 5.75 Å². The van der Waals surface area contributed by atoms with Gasteiger partial charge in [-0.2, -0.15) is 13.2 Å². The van der Waals surface area contributed by atoms with E-state index in [1.807, 2.05) is 0 Å². The zero-order valence-corrected chi connectivity index (χ0v) is 19.9. The van der Waals surface area contributed by atoms with Crippen LogP contribution in [0.25, 0.3) is 5.57 Å². The standard InChI is InChI=1S/C26H22F6N2O4/c1-2-37-23-10-15(4-7-21(23)35)14-3-6-20(19(27)9-14)34-24(36)33-16-5-8-22(18(11-16)26(30,31)32)38-17-12-25(28,29)13-17/h3-6,8-11,17H,2,7,12-13H2,1H3,(H2,33,34,36). The summed E-state index contributed by atoms with van der Waals surface area (Å²) in [5, 5.41) is 4.41. The number of anilines is 2. The second-order valence-corrected chi connectivity index (χ2v) is 8.71. The second kappa shape index (κ2) is 10.4. The van der Waals surface area contributed by atoms with Crippen molar-refractivity contribution in [1.82, 2.24) is 0 Å². The summed E-state index contributed by atoms with van der Waals surface area (Å²) in [6.07, 6.45) is -4.11. The van der Waals surface area contributed by atoms with E-state index < -0.39 is 54.2 Å².